The first-order chi connectivity index (χ1) is 6.68. The molecule has 0 saturated carbocycles. The maximum absolute atomic E-state index is 12.9. The molecule has 3 heteroatoms. The quantitative estimate of drug-likeness (QED) is 0.395. The molecule has 1 aliphatic rings. The van der Waals surface area contributed by atoms with Gasteiger partial charge in [-0.3, -0.25) is 0 Å². The summed E-state index contributed by atoms with van der Waals surface area (Å²) in [4.78, 5) is 0. The second-order valence-electron chi connectivity index (χ2n) is 4.16. The Hall–Kier alpha value is -0.0200. The van der Waals surface area contributed by atoms with E-state index in [-0.39, 0.29) is 0 Å². The second kappa shape index (κ2) is 6.46. The minimum Gasteiger partial charge on any atom is -0.161 e. The molecular formula is C11H20FNS. The molecule has 0 aromatic heterocycles. The highest BCUT2D eigenvalue weighted by Crippen LogP contribution is 2.21. The summed E-state index contributed by atoms with van der Waals surface area (Å²) in [6.45, 7) is 7.20. The monoisotopic (exact) mass is 217 g/mol. The van der Waals surface area contributed by atoms with Crippen molar-refractivity contribution in [1.29, 1.82) is 0 Å². The third-order valence-corrected chi connectivity index (χ3v) is 3.70. The molecule has 82 valence electrons. The minimum atomic E-state index is 0.559. The smallest absolute Gasteiger partial charge is 0.0326 e. The van der Waals surface area contributed by atoms with Gasteiger partial charge in [0.25, 0.3) is 0 Å². The van der Waals surface area contributed by atoms with Crippen LogP contribution in [-0.2, 0) is 0 Å². The standard InChI is InChI=1S/C11H20FNS/c1-10(2)5-7-14-9-11-4-3-6-13(12)8-11/h11H,1,3-9H2,2H3. The Kier molecular flexibility index (Phi) is 5.56. The molecule has 1 aliphatic heterocycles. The van der Waals surface area contributed by atoms with Gasteiger partial charge in [-0.25, -0.2) is 0 Å². The van der Waals surface area contributed by atoms with Crippen LogP contribution >= 0.6 is 11.8 Å². The lowest BCUT2D eigenvalue weighted by Gasteiger charge is -2.25. The van der Waals surface area contributed by atoms with E-state index in [2.05, 4.69) is 13.5 Å². The Morgan fingerprint density at radius 2 is 2.43 bits per heavy atom. The molecule has 0 spiro atoms. The van der Waals surface area contributed by atoms with Crippen LogP contribution < -0.4 is 0 Å². The van der Waals surface area contributed by atoms with Crippen LogP contribution in [0.1, 0.15) is 26.2 Å². The van der Waals surface area contributed by atoms with E-state index in [9.17, 15) is 4.48 Å². The second-order valence-corrected chi connectivity index (χ2v) is 5.31. The van der Waals surface area contributed by atoms with Crippen molar-refractivity contribution in [2.24, 2.45) is 5.92 Å². The van der Waals surface area contributed by atoms with Gasteiger partial charge < -0.3 is 0 Å². The van der Waals surface area contributed by atoms with Gasteiger partial charge in [0.1, 0.15) is 0 Å². The van der Waals surface area contributed by atoms with Crippen LogP contribution in [0.25, 0.3) is 0 Å². The summed E-state index contributed by atoms with van der Waals surface area (Å²) >= 11 is 1.94. The average molecular weight is 217 g/mol. The summed E-state index contributed by atoms with van der Waals surface area (Å²) in [6, 6.07) is 0. The van der Waals surface area contributed by atoms with Gasteiger partial charge in [-0.05, 0) is 43.6 Å². The molecule has 0 amide bonds. The van der Waals surface area contributed by atoms with Crippen molar-refractivity contribution in [3.63, 3.8) is 0 Å². The van der Waals surface area contributed by atoms with Crippen LogP contribution in [0.5, 0.6) is 0 Å². The average Bonchev–Trinajstić information content (AvgIpc) is 2.12. The van der Waals surface area contributed by atoms with Gasteiger partial charge in [-0.2, -0.15) is 11.8 Å². The fourth-order valence-electron chi connectivity index (χ4n) is 1.65. The van der Waals surface area contributed by atoms with Crippen molar-refractivity contribution in [2.45, 2.75) is 26.2 Å². The van der Waals surface area contributed by atoms with E-state index >= 15 is 0 Å². The summed E-state index contributed by atoms with van der Waals surface area (Å²) in [5, 5.41) is 0.966. The van der Waals surface area contributed by atoms with Gasteiger partial charge >= 0.3 is 0 Å². The predicted molar refractivity (Wildman–Crippen MR) is 62.2 cm³/mol. The van der Waals surface area contributed by atoms with Crippen LogP contribution in [0.15, 0.2) is 12.2 Å². The number of allylic oxidation sites excluding steroid dienone is 1. The lowest BCUT2D eigenvalue weighted by molar-refractivity contribution is -0.0116. The number of halogens is 1. The SMILES string of the molecule is C=C(C)CCSCC1CCCN(F)C1. The Balaban J connectivity index is 2.03. The van der Waals surface area contributed by atoms with E-state index in [1.165, 1.54) is 12.0 Å². The maximum atomic E-state index is 12.9. The lowest BCUT2D eigenvalue weighted by Crippen LogP contribution is -2.30. The third kappa shape index (κ3) is 5.01. The van der Waals surface area contributed by atoms with E-state index < -0.39 is 0 Å². The van der Waals surface area contributed by atoms with E-state index in [0.717, 1.165) is 29.5 Å². The molecule has 14 heavy (non-hydrogen) atoms. The minimum absolute atomic E-state index is 0.559. The Morgan fingerprint density at radius 1 is 1.64 bits per heavy atom. The van der Waals surface area contributed by atoms with Crippen LogP contribution in [0.2, 0.25) is 0 Å². The highest BCUT2D eigenvalue weighted by atomic mass is 32.2. The third-order valence-electron chi connectivity index (χ3n) is 2.50. The fraction of sp³-hybridized carbons (Fsp3) is 0.818. The molecule has 1 rings (SSSR count). The topological polar surface area (TPSA) is 3.24 Å². The van der Waals surface area contributed by atoms with E-state index in [1.54, 1.807) is 0 Å². The van der Waals surface area contributed by atoms with Crippen LogP contribution in [-0.4, -0.2) is 29.7 Å². The Morgan fingerprint density at radius 3 is 3.07 bits per heavy atom. The van der Waals surface area contributed by atoms with E-state index in [4.69, 9.17) is 0 Å². The molecule has 0 radical (unpaired) electrons. The van der Waals surface area contributed by atoms with Crippen molar-refractivity contribution in [1.82, 2.24) is 5.12 Å². The van der Waals surface area contributed by atoms with Crippen molar-refractivity contribution in [3.05, 3.63) is 12.2 Å². The maximum Gasteiger partial charge on any atom is 0.0326 e. The number of hydrogen-bond donors (Lipinski definition) is 0. The highest BCUT2D eigenvalue weighted by Gasteiger charge is 2.18. The number of thioether (sulfide) groups is 1. The van der Waals surface area contributed by atoms with Crippen molar-refractivity contribution in [2.75, 3.05) is 24.6 Å². The molecule has 1 fully saturated rings. The molecule has 1 unspecified atom stereocenters. The number of piperidine rings is 1. The van der Waals surface area contributed by atoms with Crippen molar-refractivity contribution < 1.29 is 4.48 Å². The predicted octanol–water partition coefficient (Wildman–Crippen LogP) is 3.28. The molecule has 0 bridgehead atoms. The highest BCUT2D eigenvalue weighted by molar-refractivity contribution is 7.99. The number of rotatable bonds is 5. The molecular weight excluding hydrogens is 197 g/mol. The molecule has 1 nitrogen and oxygen atoms in total. The van der Waals surface area contributed by atoms with Gasteiger partial charge in [-0.1, -0.05) is 5.57 Å². The van der Waals surface area contributed by atoms with Gasteiger partial charge in [0.2, 0.25) is 0 Å². The Labute approximate surface area is 90.7 Å². The number of nitrogens with zero attached hydrogens (tertiary/aromatic N) is 1. The summed E-state index contributed by atoms with van der Waals surface area (Å²) < 4.78 is 12.9. The summed E-state index contributed by atoms with van der Waals surface area (Å²) in [5.74, 6) is 2.80. The molecule has 0 N–H and O–H groups in total. The van der Waals surface area contributed by atoms with Gasteiger partial charge in [0, 0.05) is 13.1 Å². The normalized spacial score (nSPS) is 23.7. The molecule has 1 saturated heterocycles. The summed E-state index contributed by atoms with van der Waals surface area (Å²) in [7, 11) is 0. The first-order valence-electron chi connectivity index (χ1n) is 5.31. The van der Waals surface area contributed by atoms with Gasteiger partial charge in [-0.15, -0.1) is 16.2 Å². The van der Waals surface area contributed by atoms with E-state index in [0.29, 0.717) is 19.0 Å². The molecule has 0 aliphatic carbocycles. The van der Waals surface area contributed by atoms with Crippen LogP contribution in [0.3, 0.4) is 0 Å². The number of hydrogen-bond acceptors (Lipinski definition) is 2. The first-order valence-corrected chi connectivity index (χ1v) is 6.47. The zero-order valence-corrected chi connectivity index (χ0v) is 9.78. The largest absolute Gasteiger partial charge is 0.161 e. The van der Waals surface area contributed by atoms with Crippen LogP contribution in [0.4, 0.5) is 4.48 Å². The molecule has 1 atom stereocenters. The molecule has 1 heterocycles. The van der Waals surface area contributed by atoms with Gasteiger partial charge in [0.05, 0.1) is 0 Å². The van der Waals surface area contributed by atoms with Crippen molar-refractivity contribution >= 4 is 11.8 Å². The van der Waals surface area contributed by atoms with E-state index in [1.807, 2.05) is 11.8 Å². The molecule has 0 aromatic carbocycles. The first kappa shape index (κ1) is 12.1. The molecule has 0 aromatic rings. The lowest BCUT2D eigenvalue weighted by atomic mass is 10.0. The fourth-order valence-corrected chi connectivity index (χ4v) is 2.91. The zero-order chi connectivity index (χ0) is 10.4. The zero-order valence-electron chi connectivity index (χ0n) is 8.97. The van der Waals surface area contributed by atoms with Gasteiger partial charge in [0.15, 0.2) is 0 Å². The summed E-state index contributed by atoms with van der Waals surface area (Å²) in [6.07, 6.45) is 3.30. The Bertz CT molecular complexity index is 184. The van der Waals surface area contributed by atoms with Crippen molar-refractivity contribution in [3.8, 4) is 0 Å². The van der Waals surface area contributed by atoms with Crippen LogP contribution in [0, 0.1) is 5.92 Å². The summed E-state index contributed by atoms with van der Waals surface area (Å²) in [5.41, 5.74) is 1.24.